The Kier molecular flexibility index (Phi) is 4.77. The van der Waals surface area contributed by atoms with Crippen LogP contribution in [0.1, 0.15) is 6.42 Å². The summed E-state index contributed by atoms with van der Waals surface area (Å²) in [7, 11) is 0. The van der Waals surface area contributed by atoms with Gasteiger partial charge in [0.05, 0.1) is 32.3 Å². The fourth-order valence-electron chi connectivity index (χ4n) is 3.64. The standard InChI is InChI=1S/C23H16Cl2N4O/c24-15-7-5-10-18(21(15)25)26-20(30)12-13-29-19-11-4-1-6-14(19)22-23(29)28-17-9-3-2-8-16(17)27-22/h1-11H,12-13H2,(H,26,30). The molecule has 148 valence electrons. The maximum atomic E-state index is 12.6. The molecule has 0 atom stereocenters. The number of carbonyl (C=O) groups is 1. The third-order valence-electron chi connectivity index (χ3n) is 5.05. The zero-order chi connectivity index (χ0) is 20.7. The Hall–Kier alpha value is -3.15. The number of halogens is 2. The second-order valence-corrected chi connectivity index (χ2v) is 7.74. The molecule has 0 radical (unpaired) electrons. The molecule has 0 aliphatic rings. The molecule has 2 aromatic heterocycles. The highest BCUT2D eigenvalue weighted by Gasteiger charge is 2.15. The number of fused-ring (bicyclic) bond motifs is 4. The molecule has 0 saturated heterocycles. The van der Waals surface area contributed by atoms with Crippen molar-refractivity contribution in [3.05, 3.63) is 76.8 Å². The monoisotopic (exact) mass is 434 g/mol. The Morgan fingerprint density at radius 3 is 2.47 bits per heavy atom. The Bertz CT molecular complexity index is 1430. The summed E-state index contributed by atoms with van der Waals surface area (Å²) in [4.78, 5) is 22.3. The Labute approximate surface area is 182 Å². The SMILES string of the molecule is O=C(CCn1c2ccccc2c2nc3ccccc3nc21)Nc1cccc(Cl)c1Cl. The van der Waals surface area contributed by atoms with Crippen LogP contribution >= 0.6 is 23.2 Å². The molecule has 0 fully saturated rings. The molecular formula is C23H16Cl2N4O. The molecule has 30 heavy (non-hydrogen) atoms. The van der Waals surface area contributed by atoms with Gasteiger partial charge >= 0.3 is 0 Å². The van der Waals surface area contributed by atoms with Crippen LogP contribution in [-0.2, 0) is 11.3 Å². The van der Waals surface area contributed by atoms with Crippen LogP contribution in [-0.4, -0.2) is 20.4 Å². The van der Waals surface area contributed by atoms with E-state index in [1.165, 1.54) is 0 Å². The molecule has 1 N–H and O–H groups in total. The first kappa shape index (κ1) is 18.9. The minimum absolute atomic E-state index is 0.154. The van der Waals surface area contributed by atoms with E-state index < -0.39 is 0 Å². The molecule has 0 aliphatic heterocycles. The van der Waals surface area contributed by atoms with E-state index >= 15 is 0 Å². The van der Waals surface area contributed by atoms with Gasteiger partial charge in [-0.05, 0) is 30.3 Å². The van der Waals surface area contributed by atoms with Crippen molar-refractivity contribution in [3.8, 4) is 0 Å². The number of benzene rings is 3. The molecule has 7 heteroatoms. The van der Waals surface area contributed by atoms with Crippen molar-refractivity contribution < 1.29 is 4.79 Å². The topological polar surface area (TPSA) is 59.8 Å². The number of nitrogens with one attached hydrogen (secondary N) is 1. The number of aryl methyl sites for hydroxylation is 1. The first-order valence-electron chi connectivity index (χ1n) is 9.49. The second-order valence-electron chi connectivity index (χ2n) is 6.95. The number of para-hydroxylation sites is 3. The maximum absolute atomic E-state index is 12.6. The molecule has 0 spiro atoms. The maximum Gasteiger partial charge on any atom is 0.226 e. The average molecular weight is 435 g/mol. The molecule has 3 aromatic carbocycles. The van der Waals surface area contributed by atoms with E-state index in [4.69, 9.17) is 33.2 Å². The van der Waals surface area contributed by atoms with Crippen LogP contribution < -0.4 is 5.32 Å². The molecule has 0 unspecified atom stereocenters. The van der Waals surface area contributed by atoms with E-state index in [1.807, 2.05) is 53.1 Å². The van der Waals surface area contributed by atoms with E-state index in [0.29, 0.717) is 22.3 Å². The Balaban J connectivity index is 1.51. The molecule has 5 aromatic rings. The number of rotatable bonds is 4. The van der Waals surface area contributed by atoms with Gasteiger partial charge in [-0.25, -0.2) is 9.97 Å². The van der Waals surface area contributed by atoms with Crippen LogP contribution in [0.25, 0.3) is 33.1 Å². The van der Waals surface area contributed by atoms with Gasteiger partial charge < -0.3 is 9.88 Å². The average Bonchev–Trinajstić information content (AvgIpc) is 3.06. The lowest BCUT2D eigenvalue weighted by molar-refractivity contribution is -0.116. The van der Waals surface area contributed by atoms with E-state index in [1.54, 1.807) is 18.2 Å². The zero-order valence-corrected chi connectivity index (χ0v) is 17.3. The summed E-state index contributed by atoms with van der Waals surface area (Å²) in [6.45, 7) is 0.459. The number of aromatic nitrogens is 3. The highest BCUT2D eigenvalue weighted by atomic mass is 35.5. The number of carbonyl (C=O) groups excluding carboxylic acids is 1. The van der Waals surface area contributed by atoms with Crippen molar-refractivity contribution >= 4 is 67.9 Å². The molecule has 2 heterocycles. The van der Waals surface area contributed by atoms with Gasteiger partial charge in [-0.2, -0.15) is 0 Å². The van der Waals surface area contributed by atoms with Crippen LogP contribution in [0.15, 0.2) is 66.7 Å². The molecule has 0 bridgehead atoms. The minimum Gasteiger partial charge on any atom is -0.325 e. The first-order chi connectivity index (χ1) is 14.6. The predicted octanol–water partition coefficient (Wildman–Crippen LogP) is 6.07. The number of nitrogens with zero attached hydrogens (tertiary/aromatic N) is 3. The molecule has 0 saturated carbocycles. The molecular weight excluding hydrogens is 419 g/mol. The van der Waals surface area contributed by atoms with Crippen LogP contribution in [0.4, 0.5) is 5.69 Å². The van der Waals surface area contributed by atoms with Gasteiger partial charge in [0.25, 0.3) is 0 Å². The smallest absolute Gasteiger partial charge is 0.226 e. The highest BCUT2D eigenvalue weighted by molar-refractivity contribution is 6.44. The molecule has 1 amide bonds. The van der Waals surface area contributed by atoms with Crippen molar-refractivity contribution in [2.75, 3.05) is 5.32 Å². The number of hydrogen-bond donors (Lipinski definition) is 1. The summed E-state index contributed by atoms with van der Waals surface area (Å²) in [5.74, 6) is -0.154. The van der Waals surface area contributed by atoms with Crippen molar-refractivity contribution in [2.24, 2.45) is 0 Å². The summed E-state index contributed by atoms with van der Waals surface area (Å²) in [6.07, 6.45) is 0.255. The fourth-order valence-corrected chi connectivity index (χ4v) is 3.98. The molecule has 5 rings (SSSR count). The summed E-state index contributed by atoms with van der Waals surface area (Å²) in [6, 6.07) is 21.0. The molecule has 5 nitrogen and oxygen atoms in total. The van der Waals surface area contributed by atoms with Gasteiger partial charge in [0.15, 0.2) is 5.65 Å². The number of anilines is 1. The van der Waals surface area contributed by atoms with Crippen LogP contribution in [0.5, 0.6) is 0 Å². The van der Waals surface area contributed by atoms with Gasteiger partial charge in [-0.15, -0.1) is 0 Å². The van der Waals surface area contributed by atoms with Gasteiger partial charge in [0.2, 0.25) is 5.91 Å². The first-order valence-corrected chi connectivity index (χ1v) is 10.2. The highest BCUT2D eigenvalue weighted by Crippen LogP contribution is 2.30. The largest absolute Gasteiger partial charge is 0.325 e. The van der Waals surface area contributed by atoms with Gasteiger partial charge in [0.1, 0.15) is 5.52 Å². The second kappa shape index (κ2) is 7.59. The normalized spacial score (nSPS) is 11.4. The van der Waals surface area contributed by atoms with Crippen molar-refractivity contribution in [3.63, 3.8) is 0 Å². The lowest BCUT2D eigenvalue weighted by Gasteiger charge is -2.10. The van der Waals surface area contributed by atoms with Crippen LogP contribution in [0.3, 0.4) is 0 Å². The molecule has 0 aliphatic carbocycles. The van der Waals surface area contributed by atoms with Crippen molar-refractivity contribution in [2.45, 2.75) is 13.0 Å². The summed E-state index contributed by atoms with van der Waals surface area (Å²) in [5.41, 5.74) is 4.77. The van der Waals surface area contributed by atoms with E-state index in [-0.39, 0.29) is 12.3 Å². The lowest BCUT2D eigenvalue weighted by Crippen LogP contribution is -2.15. The summed E-state index contributed by atoms with van der Waals surface area (Å²) >= 11 is 12.2. The quantitative estimate of drug-likeness (QED) is 0.373. The van der Waals surface area contributed by atoms with Gasteiger partial charge in [-0.1, -0.05) is 59.6 Å². The van der Waals surface area contributed by atoms with E-state index in [9.17, 15) is 4.79 Å². The fraction of sp³-hybridized carbons (Fsp3) is 0.0870. The van der Waals surface area contributed by atoms with Gasteiger partial charge in [0, 0.05) is 18.4 Å². The zero-order valence-electron chi connectivity index (χ0n) is 15.8. The summed E-state index contributed by atoms with van der Waals surface area (Å²) < 4.78 is 2.04. The van der Waals surface area contributed by atoms with Crippen LogP contribution in [0, 0.1) is 0 Å². The lowest BCUT2D eigenvalue weighted by atomic mass is 10.2. The summed E-state index contributed by atoms with van der Waals surface area (Å²) in [5, 5.41) is 4.59. The predicted molar refractivity (Wildman–Crippen MR) is 122 cm³/mol. The minimum atomic E-state index is -0.154. The van der Waals surface area contributed by atoms with Crippen LogP contribution in [0.2, 0.25) is 10.0 Å². The number of amides is 1. The Morgan fingerprint density at radius 1 is 0.900 bits per heavy atom. The third kappa shape index (κ3) is 3.26. The Morgan fingerprint density at radius 2 is 1.63 bits per heavy atom. The van der Waals surface area contributed by atoms with E-state index in [2.05, 4.69) is 5.32 Å². The number of hydrogen-bond acceptors (Lipinski definition) is 3. The van der Waals surface area contributed by atoms with E-state index in [0.717, 1.165) is 33.1 Å². The van der Waals surface area contributed by atoms with Gasteiger partial charge in [-0.3, -0.25) is 4.79 Å². The third-order valence-corrected chi connectivity index (χ3v) is 5.86. The van der Waals surface area contributed by atoms with Crippen molar-refractivity contribution in [1.82, 2.24) is 14.5 Å². The van der Waals surface area contributed by atoms with Crippen molar-refractivity contribution in [1.29, 1.82) is 0 Å².